The SMILES string of the molecule is Cc1cc(Cl)ccc1NC(=O)c1cc(Cl)ccc1[N+](=O)[O-]. The highest BCUT2D eigenvalue weighted by Gasteiger charge is 2.21. The van der Waals surface area contributed by atoms with Crippen molar-refractivity contribution in [2.24, 2.45) is 0 Å². The van der Waals surface area contributed by atoms with Crippen molar-refractivity contribution in [1.29, 1.82) is 0 Å². The van der Waals surface area contributed by atoms with Crippen molar-refractivity contribution >= 4 is 40.5 Å². The van der Waals surface area contributed by atoms with E-state index in [2.05, 4.69) is 5.32 Å². The fourth-order valence-electron chi connectivity index (χ4n) is 1.81. The van der Waals surface area contributed by atoms with Gasteiger partial charge in [-0.1, -0.05) is 23.2 Å². The first-order valence-corrected chi connectivity index (χ1v) is 6.65. The Balaban J connectivity index is 2.36. The number of benzene rings is 2. The molecule has 0 saturated heterocycles. The second kappa shape index (κ2) is 6.11. The van der Waals surface area contributed by atoms with Crippen LogP contribution in [0.5, 0.6) is 0 Å². The molecule has 2 aromatic carbocycles. The maximum absolute atomic E-state index is 12.2. The van der Waals surface area contributed by atoms with E-state index < -0.39 is 10.8 Å². The second-order valence-electron chi connectivity index (χ2n) is 4.33. The number of hydrogen-bond donors (Lipinski definition) is 1. The third-order valence-electron chi connectivity index (χ3n) is 2.84. The first-order valence-electron chi connectivity index (χ1n) is 5.90. The zero-order valence-corrected chi connectivity index (χ0v) is 12.4. The van der Waals surface area contributed by atoms with Crippen molar-refractivity contribution in [3.63, 3.8) is 0 Å². The van der Waals surface area contributed by atoms with Crippen molar-refractivity contribution in [3.8, 4) is 0 Å². The van der Waals surface area contributed by atoms with E-state index in [4.69, 9.17) is 23.2 Å². The smallest absolute Gasteiger partial charge is 0.282 e. The molecule has 1 N–H and O–H groups in total. The van der Waals surface area contributed by atoms with Crippen LogP contribution in [0.1, 0.15) is 15.9 Å². The van der Waals surface area contributed by atoms with Crippen LogP contribution in [0.2, 0.25) is 10.0 Å². The largest absolute Gasteiger partial charge is 0.322 e. The average Bonchev–Trinajstić information content (AvgIpc) is 2.41. The van der Waals surface area contributed by atoms with Gasteiger partial charge in [0.15, 0.2) is 0 Å². The van der Waals surface area contributed by atoms with Crippen LogP contribution in [0.4, 0.5) is 11.4 Å². The normalized spacial score (nSPS) is 10.2. The van der Waals surface area contributed by atoms with E-state index in [0.717, 1.165) is 5.56 Å². The first-order chi connectivity index (χ1) is 9.88. The van der Waals surface area contributed by atoms with Crippen LogP contribution in [-0.4, -0.2) is 10.8 Å². The van der Waals surface area contributed by atoms with E-state index >= 15 is 0 Å². The minimum Gasteiger partial charge on any atom is -0.322 e. The molecule has 1 amide bonds. The Labute approximate surface area is 130 Å². The lowest BCUT2D eigenvalue weighted by Crippen LogP contribution is -2.14. The van der Waals surface area contributed by atoms with E-state index in [1.165, 1.54) is 18.2 Å². The molecule has 0 aliphatic heterocycles. The van der Waals surface area contributed by atoms with Crippen molar-refractivity contribution in [3.05, 3.63) is 67.7 Å². The van der Waals surface area contributed by atoms with Gasteiger partial charge in [-0.25, -0.2) is 0 Å². The lowest BCUT2D eigenvalue weighted by atomic mass is 10.1. The number of nitro groups is 1. The molecule has 2 rings (SSSR count). The molecule has 0 spiro atoms. The summed E-state index contributed by atoms with van der Waals surface area (Å²) in [6.07, 6.45) is 0. The predicted octanol–water partition coefficient (Wildman–Crippen LogP) is 4.46. The fraction of sp³-hybridized carbons (Fsp3) is 0.0714. The topological polar surface area (TPSA) is 72.2 Å². The zero-order valence-electron chi connectivity index (χ0n) is 10.9. The van der Waals surface area contributed by atoms with E-state index in [1.54, 1.807) is 25.1 Å². The van der Waals surface area contributed by atoms with E-state index in [9.17, 15) is 14.9 Å². The van der Waals surface area contributed by atoms with Gasteiger partial charge in [0.05, 0.1) is 4.92 Å². The molecule has 21 heavy (non-hydrogen) atoms. The summed E-state index contributed by atoms with van der Waals surface area (Å²) < 4.78 is 0. The molecule has 0 aliphatic rings. The monoisotopic (exact) mass is 324 g/mol. The summed E-state index contributed by atoms with van der Waals surface area (Å²) in [5.41, 5.74) is 0.879. The summed E-state index contributed by atoms with van der Waals surface area (Å²) in [6, 6.07) is 8.77. The van der Waals surface area contributed by atoms with Crippen molar-refractivity contribution < 1.29 is 9.72 Å². The van der Waals surface area contributed by atoms with Gasteiger partial charge in [0.2, 0.25) is 0 Å². The molecule has 0 heterocycles. The quantitative estimate of drug-likeness (QED) is 0.669. The molecule has 0 unspecified atom stereocenters. The van der Waals surface area contributed by atoms with Gasteiger partial charge < -0.3 is 5.32 Å². The number of hydrogen-bond acceptors (Lipinski definition) is 3. The Kier molecular flexibility index (Phi) is 4.45. The number of nitrogens with one attached hydrogen (secondary N) is 1. The molecule has 0 aliphatic carbocycles. The predicted molar refractivity (Wildman–Crippen MR) is 82.2 cm³/mol. The van der Waals surface area contributed by atoms with Crippen LogP contribution in [0.3, 0.4) is 0 Å². The first kappa shape index (κ1) is 15.3. The number of aryl methyl sites for hydroxylation is 1. The Bertz CT molecular complexity index is 732. The third-order valence-corrected chi connectivity index (χ3v) is 3.31. The summed E-state index contributed by atoms with van der Waals surface area (Å²) in [5.74, 6) is -0.602. The summed E-state index contributed by atoms with van der Waals surface area (Å²) in [4.78, 5) is 22.6. The molecule has 0 saturated carbocycles. The molecule has 0 atom stereocenters. The van der Waals surface area contributed by atoms with Crippen LogP contribution in [0.25, 0.3) is 0 Å². The molecule has 0 radical (unpaired) electrons. The van der Waals surface area contributed by atoms with Gasteiger partial charge in [-0.15, -0.1) is 0 Å². The standard InChI is InChI=1S/C14H10Cl2N2O3/c1-8-6-9(15)2-4-12(8)17-14(19)11-7-10(16)3-5-13(11)18(20)21/h2-7H,1H3,(H,17,19). The van der Waals surface area contributed by atoms with E-state index in [0.29, 0.717) is 10.7 Å². The van der Waals surface area contributed by atoms with E-state index in [1.807, 2.05) is 0 Å². The Morgan fingerprint density at radius 2 is 1.76 bits per heavy atom. The highest BCUT2D eigenvalue weighted by Crippen LogP contribution is 2.25. The Hall–Kier alpha value is -2.11. The molecule has 0 fully saturated rings. The molecule has 7 heteroatoms. The minimum atomic E-state index is -0.625. The summed E-state index contributed by atoms with van der Waals surface area (Å²) >= 11 is 11.6. The van der Waals surface area contributed by atoms with Gasteiger partial charge in [0, 0.05) is 21.8 Å². The number of halogens is 2. The van der Waals surface area contributed by atoms with Crippen LogP contribution in [0, 0.1) is 17.0 Å². The van der Waals surface area contributed by atoms with Gasteiger partial charge in [-0.05, 0) is 42.8 Å². The average molecular weight is 325 g/mol. The minimum absolute atomic E-state index is 0.0955. The second-order valence-corrected chi connectivity index (χ2v) is 5.20. The molecular weight excluding hydrogens is 315 g/mol. The maximum atomic E-state index is 12.2. The lowest BCUT2D eigenvalue weighted by Gasteiger charge is -2.09. The van der Waals surface area contributed by atoms with Crippen LogP contribution in [-0.2, 0) is 0 Å². The number of anilines is 1. The third kappa shape index (κ3) is 3.51. The van der Waals surface area contributed by atoms with Gasteiger partial charge in [0.25, 0.3) is 11.6 Å². The van der Waals surface area contributed by atoms with Crippen molar-refractivity contribution in [2.45, 2.75) is 6.92 Å². The number of rotatable bonds is 3. The highest BCUT2D eigenvalue weighted by atomic mass is 35.5. The molecule has 5 nitrogen and oxygen atoms in total. The maximum Gasteiger partial charge on any atom is 0.282 e. The number of nitrogens with zero attached hydrogens (tertiary/aromatic N) is 1. The number of carbonyl (C=O) groups is 1. The van der Waals surface area contributed by atoms with Crippen LogP contribution >= 0.6 is 23.2 Å². The van der Waals surface area contributed by atoms with Crippen molar-refractivity contribution in [1.82, 2.24) is 0 Å². The van der Waals surface area contributed by atoms with Gasteiger partial charge in [-0.3, -0.25) is 14.9 Å². The Morgan fingerprint density at radius 3 is 2.38 bits per heavy atom. The van der Waals surface area contributed by atoms with Gasteiger partial charge >= 0.3 is 0 Å². The summed E-state index contributed by atoms with van der Waals surface area (Å²) in [5, 5.41) is 14.4. The van der Waals surface area contributed by atoms with Crippen LogP contribution in [0.15, 0.2) is 36.4 Å². The van der Waals surface area contributed by atoms with Gasteiger partial charge in [-0.2, -0.15) is 0 Å². The number of amides is 1. The molecule has 0 bridgehead atoms. The number of nitro benzene ring substituents is 1. The van der Waals surface area contributed by atoms with Crippen LogP contribution < -0.4 is 5.32 Å². The molecule has 108 valence electrons. The number of carbonyl (C=O) groups excluding carboxylic acids is 1. The zero-order chi connectivity index (χ0) is 15.6. The molecular formula is C14H10Cl2N2O3. The lowest BCUT2D eigenvalue weighted by molar-refractivity contribution is -0.385. The van der Waals surface area contributed by atoms with E-state index in [-0.39, 0.29) is 16.3 Å². The molecule has 2 aromatic rings. The fourth-order valence-corrected chi connectivity index (χ4v) is 2.21. The highest BCUT2D eigenvalue weighted by molar-refractivity contribution is 6.31. The van der Waals surface area contributed by atoms with Gasteiger partial charge in [0.1, 0.15) is 5.56 Å². The van der Waals surface area contributed by atoms with Crippen molar-refractivity contribution in [2.75, 3.05) is 5.32 Å². The summed E-state index contributed by atoms with van der Waals surface area (Å²) in [7, 11) is 0. The summed E-state index contributed by atoms with van der Waals surface area (Å²) in [6.45, 7) is 1.77. The Morgan fingerprint density at radius 1 is 1.14 bits per heavy atom. The molecule has 0 aromatic heterocycles.